The van der Waals surface area contributed by atoms with Gasteiger partial charge in [0.25, 0.3) is 0 Å². The van der Waals surface area contributed by atoms with E-state index in [2.05, 4.69) is 41.1 Å². The topological polar surface area (TPSA) is 78.9 Å². The smallest absolute Gasteiger partial charge is 0.248 e. The molecule has 1 amide bonds. The van der Waals surface area contributed by atoms with Crippen LogP contribution in [-0.2, 0) is 4.79 Å². The number of aromatic nitrogens is 2. The van der Waals surface area contributed by atoms with Gasteiger partial charge in [-0.15, -0.1) is 0 Å². The Labute approximate surface area is 125 Å². The minimum absolute atomic E-state index is 0.176. The number of benzene rings is 1. The molecule has 0 unspecified atom stereocenters. The van der Waals surface area contributed by atoms with Gasteiger partial charge < -0.3 is 15.0 Å². The summed E-state index contributed by atoms with van der Waals surface area (Å²) >= 11 is 3.15. The second kappa shape index (κ2) is 6.97. The average molecular weight is 336 g/mol. The number of anilines is 2. The van der Waals surface area contributed by atoms with Crippen LogP contribution in [0.2, 0.25) is 0 Å². The quantitative estimate of drug-likeness (QED) is 0.575. The summed E-state index contributed by atoms with van der Waals surface area (Å²) < 4.78 is 2.82. The molecular formula is C13H14BrN5O. The molecule has 0 spiro atoms. The number of hydrogen-bond acceptors (Lipinski definition) is 5. The molecular weight excluding hydrogens is 322 g/mol. The molecule has 20 heavy (non-hydrogen) atoms. The van der Waals surface area contributed by atoms with Crippen molar-refractivity contribution < 1.29 is 4.79 Å². The summed E-state index contributed by atoms with van der Waals surface area (Å²) in [6.07, 6.45) is 4.72. The Morgan fingerprint density at radius 2 is 2.25 bits per heavy atom. The monoisotopic (exact) mass is 335 g/mol. The second-order valence-corrected chi connectivity index (χ2v) is 4.39. The van der Waals surface area contributed by atoms with Crippen LogP contribution in [0.4, 0.5) is 11.5 Å². The Balaban J connectivity index is 2.21. The first-order chi connectivity index (χ1) is 9.74. The molecule has 1 aromatic carbocycles. The van der Waals surface area contributed by atoms with Gasteiger partial charge >= 0.3 is 0 Å². The highest BCUT2D eigenvalue weighted by Gasteiger charge is 2.05. The molecule has 0 bridgehead atoms. The summed E-state index contributed by atoms with van der Waals surface area (Å²) in [5.74, 6) is 0.474. The average Bonchev–Trinajstić information content (AvgIpc) is 2.47. The van der Waals surface area contributed by atoms with E-state index >= 15 is 0 Å². The first-order valence-electron chi connectivity index (χ1n) is 5.98. The van der Waals surface area contributed by atoms with Gasteiger partial charge in [0.2, 0.25) is 5.91 Å². The number of nitrogens with one attached hydrogen (secondary N) is 3. The number of carbonyl (C=O) groups excluding carboxylic acids is 1. The van der Waals surface area contributed by atoms with E-state index in [1.165, 1.54) is 12.4 Å². The zero-order valence-electron chi connectivity index (χ0n) is 10.9. The van der Waals surface area contributed by atoms with Crippen molar-refractivity contribution in [3.63, 3.8) is 0 Å². The van der Waals surface area contributed by atoms with Crippen LogP contribution < -0.4 is 15.0 Å². The lowest BCUT2D eigenvalue weighted by Crippen LogP contribution is -2.10. The molecule has 0 aliphatic rings. The van der Waals surface area contributed by atoms with Crippen molar-refractivity contribution in [3.05, 3.63) is 36.7 Å². The van der Waals surface area contributed by atoms with Gasteiger partial charge in [-0.05, 0) is 25.2 Å². The number of hydrogen-bond donors (Lipinski definition) is 3. The predicted octanol–water partition coefficient (Wildman–Crippen LogP) is 2.07. The first-order valence-corrected chi connectivity index (χ1v) is 6.77. The molecule has 0 atom stereocenters. The van der Waals surface area contributed by atoms with E-state index in [9.17, 15) is 4.79 Å². The summed E-state index contributed by atoms with van der Waals surface area (Å²) in [5, 5.41) is 6.54. The van der Waals surface area contributed by atoms with Crippen LogP contribution in [0.15, 0.2) is 36.7 Å². The Morgan fingerprint density at radius 3 is 3.00 bits per heavy atom. The molecule has 1 heterocycles. The van der Waals surface area contributed by atoms with Crippen molar-refractivity contribution in [2.45, 2.75) is 0 Å². The summed E-state index contributed by atoms with van der Waals surface area (Å²) in [4.78, 5) is 20.0. The van der Waals surface area contributed by atoms with E-state index in [0.717, 1.165) is 10.9 Å². The van der Waals surface area contributed by atoms with Crippen molar-refractivity contribution in [2.75, 3.05) is 23.3 Å². The number of fused-ring (bicyclic) bond motifs is 1. The van der Waals surface area contributed by atoms with Crippen molar-refractivity contribution in [1.82, 2.24) is 15.3 Å². The SMILES string of the molecule is CNC/C=C/C(=O)Nc1ccc2ncnc(NBr)c2c1. The van der Waals surface area contributed by atoms with Crippen LogP contribution in [0, 0.1) is 0 Å². The number of halogens is 1. The Kier molecular flexibility index (Phi) is 5.03. The molecule has 0 aliphatic heterocycles. The molecule has 0 saturated carbocycles. The van der Waals surface area contributed by atoms with E-state index in [-0.39, 0.29) is 5.91 Å². The minimum atomic E-state index is -0.176. The third kappa shape index (κ3) is 3.52. The zero-order chi connectivity index (χ0) is 14.4. The molecule has 0 saturated heterocycles. The highest BCUT2D eigenvalue weighted by Crippen LogP contribution is 2.23. The third-order valence-corrected chi connectivity index (χ3v) is 2.96. The molecule has 1 aromatic heterocycles. The second-order valence-electron chi connectivity index (χ2n) is 4.00. The Bertz CT molecular complexity index is 644. The van der Waals surface area contributed by atoms with E-state index < -0.39 is 0 Å². The van der Waals surface area contributed by atoms with Crippen LogP contribution >= 0.6 is 16.1 Å². The van der Waals surface area contributed by atoms with E-state index in [0.29, 0.717) is 18.1 Å². The minimum Gasteiger partial charge on any atom is -0.322 e. The number of carbonyl (C=O) groups is 1. The van der Waals surface area contributed by atoms with E-state index in [1.54, 1.807) is 12.1 Å². The standard InChI is InChI=1S/C13H14BrN5O/c1-15-6-2-3-12(20)18-9-4-5-11-10(7-9)13(19-14)17-8-16-11/h2-5,7-8,15H,6H2,1H3,(H,18,20)(H,16,17,19)/b3-2+. The molecule has 6 nitrogen and oxygen atoms in total. The van der Waals surface area contributed by atoms with Gasteiger partial charge in [-0.3, -0.25) is 4.79 Å². The van der Waals surface area contributed by atoms with Gasteiger partial charge in [-0.1, -0.05) is 6.08 Å². The zero-order valence-corrected chi connectivity index (χ0v) is 12.4. The van der Waals surface area contributed by atoms with E-state index in [1.807, 2.05) is 19.2 Å². The van der Waals surface area contributed by atoms with Gasteiger partial charge in [0.1, 0.15) is 12.1 Å². The lowest BCUT2D eigenvalue weighted by atomic mass is 10.2. The van der Waals surface area contributed by atoms with Crippen molar-refractivity contribution in [3.8, 4) is 0 Å². The van der Waals surface area contributed by atoms with Crippen LogP contribution in [-0.4, -0.2) is 29.5 Å². The molecule has 0 radical (unpaired) electrons. The van der Waals surface area contributed by atoms with Crippen LogP contribution in [0.5, 0.6) is 0 Å². The Hall–Kier alpha value is -1.99. The summed E-state index contributed by atoms with van der Waals surface area (Å²) in [7, 11) is 1.82. The largest absolute Gasteiger partial charge is 0.322 e. The predicted molar refractivity (Wildman–Crippen MR) is 83.8 cm³/mol. The van der Waals surface area contributed by atoms with Gasteiger partial charge in [0.05, 0.1) is 5.52 Å². The highest BCUT2D eigenvalue weighted by atomic mass is 79.9. The fourth-order valence-corrected chi connectivity index (χ4v) is 1.99. The maximum Gasteiger partial charge on any atom is 0.248 e. The fraction of sp³-hybridized carbons (Fsp3) is 0.154. The third-order valence-electron chi connectivity index (χ3n) is 2.58. The van der Waals surface area contributed by atoms with Gasteiger partial charge in [0.15, 0.2) is 0 Å². The molecule has 7 heteroatoms. The van der Waals surface area contributed by atoms with Crippen LogP contribution in [0.1, 0.15) is 0 Å². The molecule has 0 aliphatic carbocycles. The number of amides is 1. The van der Waals surface area contributed by atoms with Gasteiger partial charge in [0, 0.05) is 39.8 Å². The number of rotatable bonds is 5. The van der Waals surface area contributed by atoms with Crippen molar-refractivity contribution in [1.29, 1.82) is 0 Å². The Morgan fingerprint density at radius 1 is 1.40 bits per heavy atom. The van der Waals surface area contributed by atoms with Crippen LogP contribution in [0.3, 0.4) is 0 Å². The first kappa shape index (κ1) is 14.4. The lowest BCUT2D eigenvalue weighted by Gasteiger charge is -2.06. The van der Waals surface area contributed by atoms with Gasteiger partial charge in [-0.25, -0.2) is 9.97 Å². The number of likely N-dealkylation sites (N-methyl/N-ethyl adjacent to an activating group) is 1. The summed E-state index contributed by atoms with van der Waals surface area (Å²) in [6.45, 7) is 0.649. The van der Waals surface area contributed by atoms with Gasteiger partial charge in [-0.2, -0.15) is 0 Å². The number of nitrogens with zero attached hydrogens (tertiary/aromatic N) is 2. The maximum absolute atomic E-state index is 11.7. The van der Waals surface area contributed by atoms with E-state index in [4.69, 9.17) is 0 Å². The fourth-order valence-electron chi connectivity index (χ4n) is 1.68. The summed E-state index contributed by atoms with van der Waals surface area (Å²) in [5.41, 5.74) is 1.49. The van der Waals surface area contributed by atoms with Crippen molar-refractivity contribution in [2.24, 2.45) is 0 Å². The normalized spacial score (nSPS) is 10.9. The van der Waals surface area contributed by atoms with Crippen molar-refractivity contribution >= 4 is 44.5 Å². The van der Waals surface area contributed by atoms with Crippen LogP contribution in [0.25, 0.3) is 10.9 Å². The molecule has 2 aromatic rings. The summed E-state index contributed by atoms with van der Waals surface area (Å²) in [6, 6.07) is 5.46. The molecule has 0 fully saturated rings. The maximum atomic E-state index is 11.7. The molecule has 104 valence electrons. The molecule has 2 rings (SSSR count). The highest BCUT2D eigenvalue weighted by molar-refractivity contribution is 9.10. The lowest BCUT2D eigenvalue weighted by molar-refractivity contribution is -0.111. The molecule has 3 N–H and O–H groups in total.